The molecule has 0 aliphatic carbocycles. The fraction of sp³-hybridized carbons (Fsp3) is 0.167. The second-order valence-electron chi connectivity index (χ2n) is 3.61. The number of benzene rings is 1. The van der Waals surface area contributed by atoms with E-state index in [4.69, 9.17) is 0 Å². The number of carbonyl (C=O) groups excluding carboxylic acids is 1. The lowest BCUT2D eigenvalue weighted by Gasteiger charge is -2.10. The fourth-order valence-corrected chi connectivity index (χ4v) is 2.09. The summed E-state index contributed by atoms with van der Waals surface area (Å²) in [6.07, 6.45) is 0. The van der Waals surface area contributed by atoms with Crippen LogP contribution in [0.1, 0.15) is 10.5 Å². The Morgan fingerprint density at radius 1 is 1.35 bits per heavy atom. The van der Waals surface area contributed by atoms with E-state index in [2.05, 4.69) is 20.7 Å². The van der Waals surface area contributed by atoms with Crippen molar-refractivity contribution in [3.8, 4) is 0 Å². The Balaban J connectivity index is 2.86. The molecule has 1 aromatic heterocycles. The van der Waals surface area contributed by atoms with E-state index in [1.807, 2.05) is 6.07 Å². The molecule has 0 bridgehead atoms. The highest BCUT2D eigenvalue weighted by Crippen LogP contribution is 2.18. The van der Waals surface area contributed by atoms with Gasteiger partial charge in [0.1, 0.15) is 5.69 Å². The molecule has 0 saturated carbocycles. The van der Waals surface area contributed by atoms with Crippen LogP contribution in [0.5, 0.6) is 0 Å². The van der Waals surface area contributed by atoms with Crippen molar-refractivity contribution in [2.45, 2.75) is 0 Å². The quantitative estimate of drug-likeness (QED) is 0.757. The minimum Gasteiger partial charge on any atom is -0.464 e. The largest absolute Gasteiger partial charge is 0.464 e. The molecule has 1 heterocycles. The van der Waals surface area contributed by atoms with Crippen molar-refractivity contribution in [3.05, 3.63) is 44.7 Å². The Kier molecular flexibility index (Phi) is 3.02. The van der Waals surface area contributed by atoms with Crippen LogP contribution >= 0.6 is 15.9 Å². The molecule has 0 saturated heterocycles. The lowest BCUT2D eigenvalue weighted by molar-refractivity contribution is 0.0589. The van der Waals surface area contributed by atoms with Crippen LogP contribution in [-0.2, 0) is 11.8 Å². The zero-order chi connectivity index (χ0) is 12.6. The van der Waals surface area contributed by atoms with Gasteiger partial charge in [0.25, 0.3) is 0 Å². The van der Waals surface area contributed by atoms with Crippen LogP contribution in [0, 0.1) is 0 Å². The van der Waals surface area contributed by atoms with Crippen LogP contribution in [-0.4, -0.2) is 17.6 Å². The van der Waals surface area contributed by atoms with Gasteiger partial charge in [-0.15, -0.1) is 0 Å². The number of fused-ring (bicyclic) bond motifs is 1. The van der Waals surface area contributed by atoms with Gasteiger partial charge in [-0.1, -0.05) is 15.9 Å². The summed E-state index contributed by atoms with van der Waals surface area (Å²) in [7, 11) is 3.01. The zero-order valence-corrected chi connectivity index (χ0v) is 10.9. The number of halogens is 1. The van der Waals surface area contributed by atoms with Crippen molar-refractivity contribution in [3.63, 3.8) is 0 Å². The molecule has 4 nitrogen and oxygen atoms in total. The summed E-state index contributed by atoms with van der Waals surface area (Å²) in [5, 5.41) is 0.564. The average Bonchev–Trinajstić information content (AvgIpc) is 2.32. The van der Waals surface area contributed by atoms with Crippen molar-refractivity contribution in [1.29, 1.82) is 0 Å². The first kappa shape index (κ1) is 11.9. The van der Waals surface area contributed by atoms with E-state index in [-0.39, 0.29) is 11.1 Å². The third kappa shape index (κ3) is 1.98. The van der Waals surface area contributed by atoms with Crippen LogP contribution in [0.25, 0.3) is 10.9 Å². The van der Waals surface area contributed by atoms with Crippen LogP contribution in [0.4, 0.5) is 0 Å². The van der Waals surface area contributed by atoms with E-state index in [9.17, 15) is 9.59 Å². The first-order chi connectivity index (χ1) is 8.04. The molecule has 2 aromatic rings. The highest BCUT2D eigenvalue weighted by molar-refractivity contribution is 9.10. The molecule has 0 N–H and O–H groups in total. The lowest BCUT2D eigenvalue weighted by atomic mass is 10.2. The molecule has 0 aliphatic rings. The van der Waals surface area contributed by atoms with Gasteiger partial charge in [0.05, 0.1) is 12.6 Å². The molecular formula is C12H10BrNO3. The van der Waals surface area contributed by atoms with Gasteiger partial charge >= 0.3 is 5.97 Å². The van der Waals surface area contributed by atoms with Gasteiger partial charge in [0, 0.05) is 23.0 Å². The molecular weight excluding hydrogens is 286 g/mol. The second kappa shape index (κ2) is 4.33. The van der Waals surface area contributed by atoms with E-state index in [1.165, 1.54) is 13.2 Å². The number of pyridine rings is 1. The minimum absolute atomic E-state index is 0.195. The summed E-state index contributed by atoms with van der Waals surface area (Å²) in [4.78, 5) is 23.4. The number of aryl methyl sites for hydroxylation is 1. The van der Waals surface area contributed by atoms with Gasteiger partial charge < -0.3 is 9.30 Å². The topological polar surface area (TPSA) is 48.3 Å². The van der Waals surface area contributed by atoms with Gasteiger partial charge in [-0.05, 0) is 18.2 Å². The maximum atomic E-state index is 11.9. The second-order valence-corrected chi connectivity index (χ2v) is 4.52. The first-order valence-corrected chi connectivity index (χ1v) is 5.71. The Morgan fingerprint density at radius 3 is 2.71 bits per heavy atom. The van der Waals surface area contributed by atoms with Gasteiger partial charge in [-0.2, -0.15) is 0 Å². The van der Waals surface area contributed by atoms with Crippen LogP contribution in [0.3, 0.4) is 0 Å². The molecule has 5 heteroatoms. The summed E-state index contributed by atoms with van der Waals surface area (Å²) in [6.45, 7) is 0. The van der Waals surface area contributed by atoms with Crippen molar-refractivity contribution in [1.82, 2.24) is 4.57 Å². The average molecular weight is 296 g/mol. The molecule has 0 radical (unpaired) electrons. The van der Waals surface area contributed by atoms with E-state index in [0.29, 0.717) is 10.9 Å². The van der Waals surface area contributed by atoms with E-state index >= 15 is 0 Å². The smallest absolute Gasteiger partial charge is 0.354 e. The predicted molar refractivity (Wildman–Crippen MR) is 68.2 cm³/mol. The van der Waals surface area contributed by atoms with Gasteiger partial charge in [-0.3, -0.25) is 4.79 Å². The number of hydrogen-bond acceptors (Lipinski definition) is 3. The Labute approximate surface area is 106 Å². The number of nitrogens with zero attached hydrogens (tertiary/aromatic N) is 1. The number of hydrogen-bond donors (Lipinski definition) is 0. The highest BCUT2D eigenvalue weighted by Gasteiger charge is 2.13. The maximum absolute atomic E-state index is 11.9. The fourth-order valence-electron chi connectivity index (χ4n) is 1.73. The molecule has 0 unspecified atom stereocenters. The standard InChI is InChI=1S/C12H10BrNO3/c1-14-9-4-3-7(13)5-8(9)11(15)6-10(14)12(16)17-2/h3-6H,1-2H3. The van der Waals surface area contributed by atoms with Crippen LogP contribution in [0.2, 0.25) is 0 Å². The predicted octanol–water partition coefficient (Wildman–Crippen LogP) is 2.09. The molecule has 0 fully saturated rings. The molecule has 0 spiro atoms. The van der Waals surface area contributed by atoms with E-state index in [0.717, 1.165) is 4.47 Å². The van der Waals surface area contributed by atoms with Crippen molar-refractivity contribution in [2.24, 2.45) is 7.05 Å². The highest BCUT2D eigenvalue weighted by atomic mass is 79.9. The number of rotatable bonds is 1. The number of methoxy groups -OCH3 is 1. The van der Waals surface area contributed by atoms with Gasteiger partial charge in [-0.25, -0.2) is 4.79 Å². The normalized spacial score (nSPS) is 10.5. The van der Waals surface area contributed by atoms with Crippen LogP contribution < -0.4 is 5.43 Å². The summed E-state index contributed by atoms with van der Waals surface area (Å²) >= 11 is 3.31. The Hall–Kier alpha value is -1.62. The molecule has 88 valence electrons. The summed E-state index contributed by atoms with van der Waals surface area (Å²) < 4.78 is 7.11. The van der Waals surface area contributed by atoms with Crippen molar-refractivity contribution < 1.29 is 9.53 Å². The molecule has 0 amide bonds. The molecule has 17 heavy (non-hydrogen) atoms. The van der Waals surface area contributed by atoms with Crippen molar-refractivity contribution >= 4 is 32.8 Å². The number of ether oxygens (including phenoxy) is 1. The monoisotopic (exact) mass is 295 g/mol. The minimum atomic E-state index is -0.519. The van der Waals surface area contributed by atoms with Crippen molar-refractivity contribution in [2.75, 3.05) is 7.11 Å². The summed E-state index contributed by atoms with van der Waals surface area (Å²) in [5.74, 6) is -0.519. The third-order valence-corrected chi connectivity index (χ3v) is 3.10. The zero-order valence-electron chi connectivity index (χ0n) is 9.36. The van der Waals surface area contributed by atoms with E-state index < -0.39 is 5.97 Å². The molecule has 1 aromatic carbocycles. The summed E-state index contributed by atoms with van der Waals surface area (Å²) in [5.41, 5.74) is 0.744. The Morgan fingerprint density at radius 2 is 2.06 bits per heavy atom. The molecule has 0 aliphatic heterocycles. The number of esters is 1. The van der Waals surface area contributed by atoms with Gasteiger partial charge in [0.2, 0.25) is 0 Å². The SMILES string of the molecule is COC(=O)c1cc(=O)c2cc(Br)ccc2n1C. The third-order valence-electron chi connectivity index (χ3n) is 2.61. The lowest BCUT2D eigenvalue weighted by Crippen LogP contribution is -2.17. The first-order valence-electron chi connectivity index (χ1n) is 4.92. The number of carbonyl (C=O) groups is 1. The Bertz CT molecular complexity index is 661. The van der Waals surface area contributed by atoms with E-state index in [1.54, 1.807) is 23.7 Å². The van der Waals surface area contributed by atoms with Gasteiger partial charge in [0.15, 0.2) is 5.43 Å². The number of aromatic nitrogens is 1. The summed E-state index contributed by atoms with van der Waals surface area (Å²) in [6, 6.07) is 6.63. The molecule has 2 rings (SSSR count). The van der Waals surface area contributed by atoms with Crippen LogP contribution in [0.15, 0.2) is 33.5 Å². The maximum Gasteiger partial charge on any atom is 0.354 e. The molecule has 0 atom stereocenters.